The monoisotopic (exact) mass is 329 g/mol. The van der Waals surface area contributed by atoms with E-state index in [2.05, 4.69) is 22.5 Å². The zero-order chi connectivity index (χ0) is 16.4. The summed E-state index contributed by atoms with van der Waals surface area (Å²) in [6.07, 6.45) is 5.21. The van der Waals surface area contributed by atoms with Gasteiger partial charge in [-0.15, -0.1) is 0 Å². The highest BCUT2D eigenvalue weighted by Gasteiger charge is 2.09. The number of nitrogens with one attached hydrogen (secondary N) is 2. The Hall–Kier alpha value is -1.50. The Labute approximate surface area is 133 Å². The molecule has 0 saturated heterocycles. The second-order valence-corrected chi connectivity index (χ2v) is 7.71. The van der Waals surface area contributed by atoms with E-state index in [1.165, 1.54) is 6.26 Å². The number of furan rings is 1. The van der Waals surface area contributed by atoms with Crippen LogP contribution in [0.5, 0.6) is 0 Å². The van der Waals surface area contributed by atoms with Crippen molar-refractivity contribution < 1.29 is 12.8 Å². The summed E-state index contributed by atoms with van der Waals surface area (Å²) in [6, 6.07) is 3.85. The highest BCUT2D eigenvalue weighted by Crippen LogP contribution is 2.00. The van der Waals surface area contributed by atoms with E-state index in [9.17, 15) is 8.42 Å². The van der Waals surface area contributed by atoms with E-state index in [0.29, 0.717) is 13.0 Å². The fraction of sp³-hybridized carbons (Fsp3) is 0.667. The largest absolute Gasteiger partial charge is 0.469 e. The molecule has 7 heteroatoms. The van der Waals surface area contributed by atoms with E-state index in [-0.39, 0.29) is 11.8 Å². The molecular weight excluding hydrogens is 302 g/mol. The highest BCUT2D eigenvalue weighted by molar-refractivity contribution is 7.90. The lowest BCUT2D eigenvalue weighted by atomic mass is 10.2. The van der Waals surface area contributed by atoms with Gasteiger partial charge < -0.3 is 15.1 Å². The van der Waals surface area contributed by atoms with Crippen molar-refractivity contribution >= 4 is 15.8 Å². The summed E-state index contributed by atoms with van der Waals surface area (Å²) in [4.78, 5) is 4.46. The van der Waals surface area contributed by atoms with Gasteiger partial charge in [0.25, 0.3) is 0 Å². The Kier molecular flexibility index (Phi) is 8.01. The van der Waals surface area contributed by atoms with Crippen LogP contribution in [0.15, 0.2) is 27.8 Å². The van der Waals surface area contributed by atoms with Crippen LogP contribution in [0.2, 0.25) is 0 Å². The average molecular weight is 329 g/mol. The molecule has 0 amide bonds. The maximum atomic E-state index is 11.2. The van der Waals surface area contributed by atoms with Gasteiger partial charge >= 0.3 is 0 Å². The molecule has 1 aromatic heterocycles. The maximum Gasteiger partial charge on any atom is 0.191 e. The SMILES string of the molecule is CCCN=C(NCCc1ccco1)NC(C)CCS(C)(=O)=O. The number of sulfone groups is 1. The van der Waals surface area contributed by atoms with Crippen LogP contribution in [-0.2, 0) is 16.3 Å². The first-order valence-electron chi connectivity index (χ1n) is 7.65. The zero-order valence-electron chi connectivity index (χ0n) is 13.6. The summed E-state index contributed by atoms with van der Waals surface area (Å²) >= 11 is 0. The molecule has 0 aromatic carbocycles. The number of rotatable bonds is 9. The first-order chi connectivity index (χ1) is 10.4. The molecule has 0 aliphatic carbocycles. The van der Waals surface area contributed by atoms with E-state index in [1.807, 2.05) is 19.1 Å². The van der Waals surface area contributed by atoms with Crippen LogP contribution in [0.4, 0.5) is 0 Å². The third-order valence-corrected chi connectivity index (χ3v) is 4.02. The van der Waals surface area contributed by atoms with Crippen molar-refractivity contribution in [1.82, 2.24) is 10.6 Å². The molecule has 1 heterocycles. The Morgan fingerprint density at radius 1 is 1.45 bits per heavy atom. The highest BCUT2D eigenvalue weighted by atomic mass is 32.2. The lowest BCUT2D eigenvalue weighted by Crippen LogP contribution is -2.43. The molecule has 0 aliphatic rings. The number of aliphatic imine (C=N–C) groups is 1. The summed E-state index contributed by atoms with van der Waals surface area (Å²) in [5.41, 5.74) is 0. The van der Waals surface area contributed by atoms with Crippen molar-refractivity contribution in [3.05, 3.63) is 24.2 Å². The molecule has 0 saturated carbocycles. The van der Waals surface area contributed by atoms with Gasteiger partial charge in [-0.3, -0.25) is 4.99 Å². The Morgan fingerprint density at radius 2 is 2.23 bits per heavy atom. The van der Waals surface area contributed by atoms with Gasteiger partial charge in [0, 0.05) is 31.8 Å². The molecule has 2 N–H and O–H groups in total. The van der Waals surface area contributed by atoms with Crippen molar-refractivity contribution in [3.8, 4) is 0 Å². The number of guanidine groups is 1. The normalized spacial score (nSPS) is 13.9. The van der Waals surface area contributed by atoms with Crippen LogP contribution >= 0.6 is 0 Å². The second-order valence-electron chi connectivity index (χ2n) is 5.45. The summed E-state index contributed by atoms with van der Waals surface area (Å²) in [5.74, 6) is 1.82. The van der Waals surface area contributed by atoms with Crippen molar-refractivity contribution in [1.29, 1.82) is 0 Å². The summed E-state index contributed by atoms with van der Waals surface area (Å²) in [6.45, 7) is 5.47. The molecule has 0 radical (unpaired) electrons. The van der Waals surface area contributed by atoms with Gasteiger partial charge in [-0.2, -0.15) is 0 Å². The molecular formula is C15H27N3O3S. The van der Waals surface area contributed by atoms with Gasteiger partial charge in [-0.25, -0.2) is 8.42 Å². The zero-order valence-corrected chi connectivity index (χ0v) is 14.4. The lowest BCUT2D eigenvalue weighted by molar-refractivity contribution is 0.506. The van der Waals surface area contributed by atoms with Crippen LogP contribution in [-0.4, -0.2) is 45.5 Å². The predicted octanol–water partition coefficient (Wildman–Crippen LogP) is 1.59. The molecule has 6 nitrogen and oxygen atoms in total. The van der Waals surface area contributed by atoms with Crippen LogP contribution < -0.4 is 10.6 Å². The molecule has 1 aromatic rings. The third-order valence-electron chi connectivity index (χ3n) is 3.04. The molecule has 1 atom stereocenters. The standard InChI is InChI=1S/C15H27N3O3S/c1-4-9-16-15(17-10-7-14-6-5-11-21-14)18-13(2)8-12-22(3,19)20/h5-6,11,13H,4,7-10,12H2,1-3H3,(H2,16,17,18). The molecule has 0 spiro atoms. The quantitative estimate of drug-likeness (QED) is 0.531. The first kappa shape index (κ1) is 18.5. The van der Waals surface area contributed by atoms with E-state index < -0.39 is 9.84 Å². The van der Waals surface area contributed by atoms with E-state index in [0.717, 1.165) is 31.1 Å². The smallest absolute Gasteiger partial charge is 0.191 e. The predicted molar refractivity (Wildman–Crippen MR) is 89.9 cm³/mol. The van der Waals surface area contributed by atoms with Crippen LogP contribution in [0.25, 0.3) is 0 Å². The molecule has 126 valence electrons. The van der Waals surface area contributed by atoms with Crippen molar-refractivity contribution in [2.24, 2.45) is 4.99 Å². The molecule has 0 bridgehead atoms. The molecule has 0 aliphatic heterocycles. The van der Waals surface area contributed by atoms with Gasteiger partial charge in [0.05, 0.1) is 12.0 Å². The minimum Gasteiger partial charge on any atom is -0.469 e. The number of hydrogen-bond acceptors (Lipinski definition) is 4. The van der Waals surface area contributed by atoms with Crippen molar-refractivity contribution in [2.45, 2.75) is 39.2 Å². The minimum absolute atomic E-state index is 0.0430. The van der Waals surface area contributed by atoms with Gasteiger partial charge in [0.2, 0.25) is 0 Å². The van der Waals surface area contributed by atoms with Crippen molar-refractivity contribution in [2.75, 3.05) is 25.1 Å². The van der Waals surface area contributed by atoms with Crippen LogP contribution in [0.1, 0.15) is 32.4 Å². The lowest BCUT2D eigenvalue weighted by Gasteiger charge is -2.18. The van der Waals surface area contributed by atoms with E-state index >= 15 is 0 Å². The van der Waals surface area contributed by atoms with Crippen molar-refractivity contribution in [3.63, 3.8) is 0 Å². The van der Waals surface area contributed by atoms with E-state index in [4.69, 9.17) is 4.42 Å². The Bertz CT molecular complexity index is 538. The Morgan fingerprint density at radius 3 is 2.82 bits per heavy atom. The van der Waals surface area contributed by atoms with Crippen LogP contribution in [0.3, 0.4) is 0 Å². The second kappa shape index (κ2) is 9.50. The van der Waals surface area contributed by atoms with Crippen LogP contribution in [0, 0.1) is 0 Å². The summed E-state index contributed by atoms with van der Waals surface area (Å²) in [5, 5.41) is 6.50. The van der Waals surface area contributed by atoms with E-state index in [1.54, 1.807) is 6.26 Å². The van der Waals surface area contributed by atoms with Gasteiger partial charge in [0.15, 0.2) is 5.96 Å². The third kappa shape index (κ3) is 8.71. The molecule has 1 unspecified atom stereocenters. The summed E-state index contributed by atoms with van der Waals surface area (Å²) < 4.78 is 27.7. The Balaban J connectivity index is 2.42. The topological polar surface area (TPSA) is 83.7 Å². The van der Waals surface area contributed by atoms with Gasteiger partial charge in [-0.1, -0.05) is 6.92 Å². The molecule has 22 heavy (non-hydrogen) atoms. The molecule has 0 fully saturated rings. The minimum atomic E-state index is -2.93. The van der Waals surface area contributed by atoms with Gasteiger partial charge in [0.1, 0.15) is 15.6 Å². The number of nitrogens with zero attached hydrogens (tertiary/aromatic N) is 1. The fourth-order valence-corrected chi connectivity index (χ4v) is 2.61. The fourth-order valence-electron chi connectivity index (χ4n) is 1.83. The number of hydrogen-bond donors (Lipinski definition) is 2. The maximum absolute atomic E-state index is 11.2. The molecule has 1 rings (SSSR count). The average Bonchev–Trinajstić information content (AvgIpc) is 2.95. The summed E-state index contributed by atoms with van der Waals surface area (Å²) in [7, 11) is -2.93. The first-order valence-corrected chi connectivity index (χ1v) is 9.71. The van der Waals surface area contributed by atoms with Gasteiger partial charge in [-0.05, 0) is 31.9 Å².